The largest absolute Gasteiger partial charge is 0.347 e. The Labute approximate surface area is 133 Å². The fourth-order valence-corrected chi connectivity index (χ4v) is 3.16. The normalized spacial score (nSPS) is 13.0. The molecule has 0 saturated carbocycles. The fourth-order valence-electron chi connectivity index (χ4n) is 2.12. The fraction of sp³-hybridized carbons (Fsp3) is 0.750. The second-order valence-electron chi connectivity index (χ2n) is 6.32. The maximum atomic E-state index is 11.3. The molecule has 0 radical (unpaired) electrons. The van der Waals surface area contributed by atoms with Gasteiger partial charge in [0.1, 0.15) is 0 Å². The van der Waals surface area contributed by atoms with Crippen molar-refractivity contribution in [2.45, 2.75) is 40.0 Å². The molecule has 0 fully saturated rings. The standard InChI is InChI=1S/C16H29N3OS/c1-7-13(4)15-14(11-20)21-16(17-15)19(10-12(2)3)9-8-18(5)6/h11-13H,7-10H2,1-6H3. The van der Waals surface area contributed by atoms with Gasteiger partial charge in [-0.3, -0.25) is 4.79 Å². The second-order valence-corrected chi connectivity index (χ2v) is 7.33. The molecule has 0 spiro atoms. The Morgan fingerprint density at radius 1 is 1.24 bits per heavy atom. The van der Waals surface area contributed by atoms with Gasteiger partial charge in [0, 0.05) is 19.6 Å². The van der Waals surface area contributed by atoms with Crippen molar-refractivity contribution in [1.82, 2.24) is 9.88 Å². The summed E-state index contributed by atoms with van der Waals surface area (Å²) in [6.07, 6.45) is 1.97. The van der Waals surface area contributed by atoms with Crippen molar-refractivity contribution in [3.63, 3.8) is 0 Å². The highest BCUT2D eigenvalue weighted by Crippen LogP contribution is 2.31. The Morgan fingerprint density at radius 3 is 2.38 bits per heavy atom. The Hall–Kier alpha value is -0.940. The number of carbonyl (C=O) groups is 1. The van der Waals surface area contributed by atoms with Crippen molar-refractivity contribution >= 4 is 22.8 Å². The van der Waals surface area contributed by atoms with Crippen molar-refractivity contribution in [3.05, 3.63) is 10.6 Å². The first-order valence-corrected chi connectivity index (χ1v) is 8.56. The molecule has 1 rings (SSSR count). The average Bonchev–Trinajstić information content (AvgIpc) is 2.86. The van der Waals surface area contributed by atoms with Crippen LogP contribution in [-0.2, 0) is 0 Å². The van der Waals surface area contributed by atoms with Crippen molar-refractivity contribution < 1.29 is 4.79 Å². The Bertz CT molecular complexity index is 443. The van der Waals surface area contributed by atoms with E-state index in [-0.39, 0.29) is 0 Å². The van der Waals surface area contributed by atoms with E-state index in [0.717, 1.165) is 48.0 Å². The van der Waals surface area contributed by atoms with Crippen molar-refractivity contribution in [3.8, 4) is 0 Å². The van der Waals surface area contributed by atoms with Crippen LogP contribution in [0.5, 0.6) is 0 Å². The SMILES string of the molecule is CCC(C)c1nc(N(CCN(C)C)CC(C)C)sc1C=O. The third-order valence-corrected chi connectivity index (χ3v) is 4.59. The lowest BCUT2D eigenvalue weighted by atomic mass is 10.0. The average molecular weight is 311 g/mol. The number of thiazole rings is 1. The number of aldehydes is 1. The van der Waals surface area contributed by atoms with Crippen molar-refractivity contribution in [2.75, 3.05) is 38.6 Å². The number of hydrogen-bond acceptors (Lipinski definition) is 5. The molecule has 0 N–H and O–H groups in total. The van der Waals surface area contributed by atoms with E-state index < -0.39 is 0 Å². The zero-order valence-corrected chi connectivity index (χ0v) is 15.0. The molecule has 21 heavy (non-hydrogen) atoms. The molecule has 1 atom stereocenters. The Morgan fingerprint density at radius 2 is 1.90 bits per heavy atom. The lowest BCUT2D eigenvalue weighted by molar-refractivity contribution is 0.112. The van der Waals surface area contributed by atoms with Crippen molar-refractivity contribution in [2.24, 2.45) is 5.92 Å². The molecule has 0 aromatic carbocycles. The molecule has 0 aliphatic heterocycles. The van der Waals surface area contributed by atoms with Crippen LogP contribution in [0.15, 0.2) is 0 Å². The van der Waals surface area contributed by atoms with Gasteiger partial charge >= 0.3 is 0 Å². The minimum Gasteiger partial charge on any atom is -0.347 e. The summed E-state index contributed by atoms with van der Waals surface area (Å²) in [5.74, 6) is 0.910. The van der Waals surface area contributed by atoms with Crippen LogP contribution in [0.4, 0.5) is 5.13 Å². The molecule has 5 heteroatoms. The highest BCUT2D eigenvalue weighted by Gasteiger charge is 2.19. The van der Waals surface area contributed by atoms with E-state index in [4.69, 9.17) is 4.98 Å². The summed E-state index contributed by atoms with van der Waals surface area (Å²) in [5.41, 5.74) is 0.964. The summed E-state index contributed by atoms with van der Waals surface area (Å²) in [4.78, 5) is 21.4. The highest BCUT2D eigenvalue weighted by atomic mass is 32.1. The van der Waals surface area contributed by atoms with Gasteiger partial charge in [-0.2, -0.15) is 0 Å². The van der Waals surface area contributed by atoms with E-state index in [1.165, 1.54) is 11.3 Å². The third kappa shape index (κ3) is 5.40. The van der Waals surface area contributed by atoms with Crippen molar-refractivity contribution in [1.29, 1.82) is 0 Å². The summed E-state index contributed by atoms with van der Waals surface area (Å²) in [7, 11) is 4.16. The number of rotatable bonds is 9. The first kappa shape index (κ1) is 18.1. The van der Waals surface area contributed by atoms with Crippen LogP contribution in [0.1, 0.15) is 55.4 Å². The first-order chi connectivity index (χ1) is 9.88. The first-order valence-electron chi connectivity index (χ1n) is 7.74. The summed E-state index contributed by atoms with van der Waals surface area (Å²) in [6.45, 7) is 11.6. The molecule has 4 nitrogen and oxygen atoms in total. The minimum absolute atomic E-state index is 0.338. The lowest BCUT2D eigenvalue weighted by Crippen LogP contribution is -2.34. The molecule has 0 amide bonds. The van der Waals surface area contributed by atoms with E-state index in [0.29, 0.717) is 11.8 Å². The van der Waals surface area contributed by atoms with Gasteiger partial charge in [0.2, 0.25) is 0 Å². The number of carbonyl (C=O) groups excluding carboxylic acids is 1. The molecule has 1 aromatic heterocycles. The van der Waals surface area contributed by atoms with Gasteiger partial charge in [0.05, 0.1) is 10.6 Å². The predicted octanol–water partition coefficient (Wildman–Crippen LogP) is 3.49. The Kier molecular flexibility index (Phi) is 7.32. The third-order valence-electron chi connectivity index (χ3n) is 3.53. The molecule has 1 aromatic rings. The zero-order valence-electron chi connectivity index (χ0n) is 14.2. The number of anilines is 1. The zero-order chi connectivity index (χ0) is 16.0. The summed E-state index contributed by atoms with van der Waals surface area (Å²) in [6, 6.07) is 0. The van der Waals surface area contributed by atoms with E-state index in [1.54, 1.807) is 0 Å². The van der Waals surface area contributed by atoms with E-state index >= 15 is 0 Å². The van der Waals surface area contributed by atoms with Gasteiger partial charge in [-0.15, -0.1) is 0 Å². The molecule has 120 valence electrons. The second kappa shape index (κ2) is 8.49. The van der Waals surface area contributed by atoms with E-state index in [1.807, 2.05) is 0 Å². The lowest BCUT2D eigenvalue weighted by Gasteiger charge is -2.25. The van der Waals surface area contributed by atoms with E-state index in [2.05, 4.69) is 51.6 Å². The maximum absolute atomic E-state index is 11.3. The molecule has 1 unspecified atom stereocenters. The predicted molar refractivity (Wildman–Crippen MR) is 91.8 cm³/mol. The van der Waals surface area contributed by atoms with Crippen LogP contribution in [-0.4, -0.2) is 49.9 Å². The van der Waals surface area contributed by atoms with Gasteiger partial charge in [0.15, 0.2) is 11.4 Å². The number of nitrogens with zero attached hydrogens (tertiary/aromatic N) is 3. The van der Waals surface area contributed by atoms with Crippen LogP contribution < -0.4 is 4.90 Å². The van der Waals surface area contributed by atoms with Crippen LogP contribution in [0.3, 0.4) is 0 Å². The topological polar surface area (TPSA) is 36.4 Å². The quantitative estimate of drug-likeness (QED) is 0.654. The minimum atomic E-state index is 0.338. The van der Waals surface area contributed by atoms with Crippen LogP contribution in [0.25, 0.3) is 0 Å². The highest BCUT2D eigenvalue weighted by molar-refractivity contribution is 7.17. The molecular formula is C16H29N3OS. The molecule has 0 bridgehead atoms. The molecular weight excluding hydrogens is 282 g/mol. The van der Waals surface area contributed by atoms with Crippen LogP contribution in [0, 0.1) is 5.92 Å². The monoisotopic (exact) mass is 311 g/mol. The number of hydrogen-bond donors (Lipinski definition) is 0. The van der Waals surface area contributed by atoms with Gasteiger partial charge in [-0.25, -0.2) is 4.98 Å². The number of likely N-dealkylation sites (N-methyl/N-ethyl adjacent to an activating group) is 1. The summed E-state index contributed by atoms with van der Waals surface area (Å²) >= 11 is 1.53. The molecule has 0 saturated heterocycles. The summed E-state index contributed by atoms with van der Waals surface area (Å²) in [5, 5.41) is 0.989. The van der Waals surface area contributed by atoms with Gasteiger partial charge in [-0.1, -0.05) is 39.0 Å². The van der Waals surface area contributed by atoms with Gasteiger partial charge < -0.3 is 9.80 Å². The number of aromatic nitrogens is 1. The Balaban J connectivity index is 3.00. The molecule has 0 aliphatic carbocycles. The molecule has 0 aliphatic rings. The maximum Gasteiger partial charge on any atom is 0.186 e. The van der Waals surface area contributed by atoms with Crippen LogP contribution in [0.2, 0.25) is 0 Å². The van der Waals surface area contributed by atoms with Crippen LogP contribution >= 0.6 is 11.3 Å². The van der Waals surface area contributed by atoms with E-state index in [9.17, 15) is 4.79 Å². The summed E-state index contributed by atoms with van der Waals surface area (Å²) < 4.78 is 0. The molecule has 1 heterocycles. The van der Waals surface area contributed by atoms with Gasteiger partial charge in [-0.05, 0) is 32.4 Å². The smallest absolute Gasteiger partial charge is 0.186 e. The van der Waals surface area contributed by atoms with Gasteiger partial charge in [0.25, 0.3) is 0 Å².